The normalized spacial score (nSPS) is 10.4. The van der Waals surface area contributed by atoms with E-state index in [1.165, 1.54) is 12.1 Å². The molecule has 0 atom stereocenters. The topological polar surface area (TPSA) is 34.1 Å². The van der Waals surface area contributed by atoms with Crippen LogP contribution in [0.5, 0.6) is 5.75 Å². The molecular weight excluding hydrogens is 323 g/mol. The molecule has 2 aromatic rings. The van der Waals surface area contributed by atoms with Gasteiger partial charge in [0.2, 0.25) is 0 Å². The van der Waals surface area contributed by atoms with Gasteiger partial charge in [-0.2, -0.15) is 0 Å². The third-order valence-electron chi connectivity index (χ3n) is 2.97. The number of pyridine rings is 1. The first kappa shape index (κ1) is 14.8. The van der Waals surface area contributed by atoms with Crippen LogP contribution in [0, 0.1) is 12.7 Å². The van der Waals surface area contributed by atoms with Crippen LogP contribution in [0.3, 0.4) is 0 Å². The van der Waals surface area contributed by atoms with Gasteiger partial charge in [0.25, 0.3) is 0 Å². The number of aryl methyl sites for hydroxylation is 1. The number of hydrogen-bond donors (Lipinski definition) is 1. The van der Waals surface area contributed by atoms with Gasteiger partial charge < -0.3 is 10.1 Å². The highest BCUT2D eigenvalue weighted by atomic mass is 79.9. The Morgan fingerprint density at radius 1 is 1.35 bits per heavy atom. The Morgan fingerprint density at radius 2 is 2.15 bits per heavy atom. The van der Waals surface area contributed by atoms with E-state index in [1.807, 2.05) is 13.0 Å². The van der Waals surface area contributed by atoms with Crippen molar-refractivity contribution >= 4 is 21.7 Å². The van der Waals surface area contributed by atoms with Gasteiger partial charge in [0.05, 0.1) is 7.11 Å². The SMILES string of the molecule is COc1ccc(F)cc1CCNc1ncc(Br)cc1C. The first-order chi connectivity index (χ1) is 9.60. The van der Waals surface area contributed by atoms with E-state index in [-0.39, 0.29) is 5.82 Å². The maximum Gasteiger partial charge on any atom is 0.128 e. The molecular formula is C15H16BrFN2O. The molecule has 0 radical (unpaired) electrons. The average molecular weight is 339 g/mol. The maximum absolute atomic E-state index is 13.2. The van der Waals surface area contributed by atoms with Gasteiger partial charge in [-0.25, -0.2) is 9.37 Å². The quantitative estimate of drug-likeness (QED) is 0.896. The molecule has 2 rings (SSSR count). The standard InChI is InChI=1S/C15H16BrFN2O/c1-10-7-12(16)9-19-15(10)18-6-5-11-8-13(17)3-4-14(11)20-2/h3-4,7-9H,5-6H2,1-2H3,(H,18,19). The highest BCUT2D eigenvalue weighted by Gasteiger charge is 2.05. The molecule has 106 valence electrons. The molecule has 1 aromatic heterocycles. The molecule has 0 aliphatic heterocycles. The molecule has 20 heavy (non-hydrogen) atoms. The highest BCUT2D eigenvalue weighted by Crippen LogP contribution is 2.21. The van der Waals surface area contributed by atoms with Crippen molar-refractivity contribution in [2.45, 2.75) is 13.3 Å². The Kier molecular flexibility index (Phi) is 4.95. The van der Waals surface area contributed by atoms with Crippen molar-refractivity contribution in [2.24, 2.45) is 0 Å². The lowest BCUT2D eigenvalue weighted by Crippen LogP contribution is -2.08. The van der Waals surface area contributed by atoms with Crippen LogP contribution in [-0.4, -0.2) is 18.6 Å². The van der Waals surface area contributed by atoms with Crippen molar-refractivity contribution in [1.82, 2.24) is 4.98 Å². The van der Waals surface area contributed by atoms with E-state index in [0.717, 1.165) is 21.4 Å². The molecule has 1 N–H and O–H groups in total. The van der Waals surface area contributed by atoms with Gasteiger partial charge in [0, 0.05) is 17.2 Å². The van der Waals surface area contributed by atoms with Gasteiger partial charge in [0.1, 0.15) is 17.4 Å². The Morgan fingerprint density at radius 3 is 2.85 bits per heavy atom. The van der Waals surface area contributed by atoms with Gasteiger partial charge in [-0.3, -0.25) is 0 Å². The largest absolute Gasteiger partial charge is 0.496 e. The average Bonchev–Trinajstić information content (AvgIpc) is 2.41. The summed E-state index contributed by atoms with van der Waals surface area (Å²) < 4.78 is 19.4. The fraction of sp³-hybridized carbons (Fsp3) is 0.267. The first-order valence-corrected chi connectivity index (χ1v) is 7.08. The Bertz CT molecular complexity index is 604. The zero-order valence-corrected chi connectivity index (χ0v) is 13.0. The fourth-order valence-electron chi connectivity index (χ4n) is 1.98. The van der Waals surface area contributed by atoms with Gasteiger partial charge in [0.15, 0.2) is 0 Å². The second kappa shape index (κ2) is 6.70. The van der Waals surface area contributed by atoms with E-state index >= 15 is 0 Å². The lowest BCUT2D eigenvalue weighted by Gasteiger charge is -2.11. The predicted octanol–water partition coefficient (Wildman–Crippen LogP) is 3.95. The summed E-state index contributed by atoms with van der Waals surface area (Å²) in [7, 11) is 1.59. The van der Waals surface area contributed by atoms with E-state index in [4.69, 9.17) is 4.74 Å². The van der Waals surface area contributed by atoms with E-state index < -0.39 is 0 Å². The third kappa shape index (κ3) is 3.70. The summed E-state index contributed by atoms with van der Waals surface area (Å²) >= 11 is 3.38. The van der Waals surface area contributed by atoms with Crippen molar-refractivity contribution in [3.05, 3.63) is 51.9 Å². The number of anilines is 1. The summed E-state index contributed by atoms with van der Waals surface area (Å²) in [6, 6.07) is 6.55. The molecule has 0 saturated heterocycles. The third-order valence-corrected chi connectivity index (χ3v) is 3.41. The van der Waals surface area contributed by atoms with Crippen LogP contribution >= 0.6 is 15.9 Å². The van der Waals surface area contributed by atoms with Crippen molar-refractivity contribution in [3.8, 4) is 5.75 Å². The second-order valence-corrected chi connectivity index (χ2v) is 5.37. The number of ether oxygens (including phenoxy) is 1. The van der Waals surface area contributed by atoms with E-state index in [1.54, 1.807) is 19.4 Å². The number of benzene rings is 1. The summed E-state index contributed by atoms with van der Waals surface area (Å²) in [5.41, 5.74) is 1.90. The van der Waals surface area contributed by atoms with Crippen LogP contribution in [0.2, 0.25) is 0 Å². The van der Waals surface area contributed by atoms with Crippen LogP contribution in [0.1, 0.15) is 11.1 Å². The lowest BCUT2D eigenvalue weighted by molar-refractivity contribution is 0.408. The summed E-state index contributed by atoms with van der Waals surface area (Å²) in [6.07, 6.45) is 2.41. The van der Waals surface area contributed by atoms with Crippen molar-refractivity contribution < 1.29 is 9.13 Å². The Balaban J connectivity index is 2.01. The fourth-order valence-corrected chi connectivity index (χ4v) is 2.43. The minimum absolute atomic E-state index is 0.251. The number of rotatable bonds is 5. The van der Waals surface area contributed by atoms with Crippen molar-refractivity contribution in [2.75, 3.05) is 19.0 Å². The van der Waals surface area contributed by atoms with Gasteiger partial charge in [-0.1, -0.05) is 0 Å². The number of aromatic nitrogens is 1. The van der Waals surface area contributed by atoms with E-state index in [0.29, 0.717) is 18.7 Å². The maximum atomic E-state index is 13.2. The van der Waals surface area contributed by atoms with Crippen LogP contribution in [-0.2, 0) is 6.42 Å². The minimum atomic E-state index is -0.251. The van der Waals surface area contributed by atoms with Crippen molar-refractivity contribution in [1.29, 1.82) is 0 Å². The number of nitrogens with one attached hydrogen (secondary N) is 1. The first-order valence-electron chi connectivity index (χ1n) is 6.28. The number of halogens is 2. The van der Waals surface area contributed by atoms with Crippen LogP contribution in [0.15, 0.2) is 34.9 Å². The van der Waals surface area contributed by atoms with Crippen molar-refractivity contribution in [3.63, 3.8) is 0 Å². The molecule has 0 aliphatic carbocycles. The predicted molar refractivity (Wildman–Crippen MR) is 81.8 cm³/mol. The summed E-state index contributed by atoms with van der Waals surface area (Å²) in [4.78, 5) is 4.31. The van der Waals surface area contributed by atoms with E-state index in [2.05, 4.69) is 26.2 Å². The smallest absolute Gasteiger partial charge is 0.128 e. The lowest BCUT2D eigenvalue weighted by atomic mass is 10.1. The molecule has 0 unspecified atom stereocenters. The molecule has 0 amide bonds. The molecule has 3 nitrogen and oxygen atoms in total. The molecule has 5 heteroatoms. The molecule has 0 saturated carbocycles. The Hall–Kier alpha value is -1.62. The summed E-state index contributed by atoms with van der Waals surface area (Å²) in [5, 5.41) is 3.25. The number of nitrogens with zero attached hydrogens (tertiary/aromatic N) is 1. The van der Waals surface area contributed by atoms with E-state index in [9.17, 15) is 4.39 Å². The zero-order valence-electron chi connectivity index (χ0n) is 11.4. The Labute approximate surface area is 126 Å². The zero-order chi connectivity index (χ0) is 14.5. The van der Waals surface area contributed by atoms with Crippen LogP contribution < -0.4 is 10.1 Å². The second-order valence-electron chi connectivity index (χ2n) is 4.45. The molecule has 0 aliphatic rings. The number of hydrogen-bond acceptors (Lipinski definition) is 3. The molecule has 1 heterocycles. The number of methoxy groups -OCH3 is 1. The van der Waals surface area contributed by atoms with Gasteiger partial charge in [-0.15, -0.1) is 0 Å². The highest BCUT2D eigenvalue weighted by molar-refractivity contribution is 9.10. The monoisotopic (exact) mass is 338 g/mol. The van der Waals surface area contributed by atoms with Gasteiger partial charge in [-0.05, 0) is 64.7 Å². The minimum Gasteiger partial charge on any atom is -0.496 e. The molecule has 0 bridgehead atoms. The van der Waals surface area contributed by atoms with Gasteiger partial charge >= 0.3 is 0 Å². The summed E-state index contributed by atoms with van der Waals surface area (Å²) in [6.45, 7) is 2.65. The van der Waals surface area contributed by atoms with Crippen LogP contribution in [0.4, 0.5) is 10.2 Å². The molecule has 0 fully saturated rings. The molecule has 1 aromatic carbocycles. The summed E-state index contributed by atoms with van der Waals surface area (Å²) in [5.74, 6) is 1.29. The molecule has 0 spiro atoms. The van der Waals surface area contributed by atoms with Crippen LogP contribution in [0.25, 0.3) is 0 Å².